The van der Waals surface area contributed by atoms with Gasteiger partial charge in [0.05, 0.1) is 12.2 Å². The maximum absolute atomic E-state index is 12.4. The number of benzene rings is 2. The van der Waals surface area contributed by atoms with E-state index >= 15 is 0 Å². The van der Waals surface area contributed by atoms with Crippen LogP contribution in [0.3, 0.4) is 0 Å². The third kappa shape index (κ3) is 4.00. The average Bonchev–Trinajstić information content (AvgIpc) is 3.07. The summed E-state index contributed by atoms with van der Waals surface area (Å²) in [7, 11) is 0. The molecule has 1 amide bonds. The summed E-state index contributed by atoms with van der Waals surface area (Å²) in [5.41, 5.74) is 2.20. The van der Waals surface area contributed by atoms with E-state index in [4.69, 9.17) is 4.74 Å². The standard InChI is InChI=1S/C20H22N2O3/c1-13(2)25-15-6-3-5-14(11-15)19(23)12-22-20(24)17-7-4-8-18-16(17)9-10-21-18/h3-11,13,19,21,23H,12H2,1-2H3,(H,22,24). The van der Waals surface area contributed by atoms with Gasteiger partial charge in [-0.05, 0) is 49.7 Å². The van der Waals surface area contributed by atoms with Gasteiger partial charge in [-0.25, -0.2) is 0 Å². The number of amides is 1. The number of ether oxygens (including phenoxy) is 1. The summed E-state index contributed by atoms with van der Waals surface area (Å²) in [6, 6.07) is 14.7. The summed E-state index contributed by atoms with van der Waals surface area (Å²) in [4.78, 5) is 15.5. The fraction of sp³-hybridized carbons (Fsp3) is 0.250. The Balaban J connectivity index is 1.67. The van der Waals surface area contributed by atoms with Gasteiger partial charge in [0.1, 0.15) is 5.75 Å². The van der Waals surface area contributed by atoms with Crippen molar-refractivity contribution in [3.63, 3.8) is 0 Å². The van der Waals surface area contributed by atoms with E-state index in [1.807, 2.05) is 50.2 Å². The molecule has 0 aliphatic carbocycles. The first-order chi connectivity index (χ1) is 12.0. The van der Waals surface area contributed by atoms with Gasteiger partial charge in [-0.3, -0.25) is 4.79 Å². The van der Waals surface area contributed by atoms with Crippen LogP contribution in [0.5, 0.6) is 5.75 Å². The molecule has 130 valence electrons. The molecule has 0 spiro atoms. The number of rotatable bonds is 6. The van der Waals surface area contributed by atoms with Gasteiger partial charge in [-0.1, -0.05) is 18.2 Å². The number of aromatic nitrogens is 1. The topological polar surface area (TPSA) is 74.3 Å². The molecule has 3 N–H and O–H groups in total. The van der Waals surface area contributed by atoms with Gasteiger partial charge < -0.3 is 20.1 Å². The lowest BCUT2D eigenvalue weighted by Gasteiger charge is -2.15. The molecule has 0 aliphatic rings. The van der Waals surface area contributed by atoms with Crippen LogP contribution < -0.4 is 10.1 Å². The van der Waals surface area contributed by atoms with E-state index < -0.39 is 6.10 Å². The lowest BCUT2D eigenvalue weighted by molar-refractivity contribution is 0.0918. The largest absolute Gasteiger partial charge is 0.491 e. The molecule has 25 heavy (non-hydrogen) atoms. The summed E-state index contributed by atoms with van der Waals surface area (Å²) < 4.78 is 5.64. The van der Waals surface area contributed by atoms with Gasteiger partial charge >= 0.3 is 0 Å². The van der Waals surface area contributed by atoms with Crippen LogP contribution in [-0.4, -0.2) is 28.6 Å². The van der Waals surface area contributed by atoms with Crippen molar-refractivity contribution < 1.29 is 14.6 Å². The van der Waals surface area contributed by atoms with Crippen molar-refractivity contribution in [2.24, 2.45) is 0 Å². The number of aliphatic hydroxyl groups excluding tert-OH is 1. The molecule has 0 saturated heterocycles. The van der Waals surface area contributed by atoms with Crippen LogP contribution in [0.25, 0.3) is 10.9 Å². The van der Waals surface area contributed by atoms with Crippen LogP contribution in [0.1, 0.15) is 35.9 Å². The number of carbonyl (C=O) groups excluding carboxylic acids is 1. The maximum Gasteiger partial charge on any atom is 0.252 e. The summed E-state index contributed by atoms with van der Waals surface area (Å²) in [6.07, 6.45) is 1.07. The minimum absolute atomic E-state index is 0.0638. The zero-order valence-electron chi connectivity index (χ0n) is 14.3. The van der Waals surface area contributed by atoms with Gasteiger partial charge in [-0.2, -0.15) is 0 Å². The number of carbonyl (C=O) groups is 1. The SMILES string of the molecule is CC(C)Oc1cccc(C(O)CNC(=O)c2cccc3[nH]ccc23)c1. The second kappa shape index (κ2) is 7.40. The minimum Gasteiger partial charge on any atom is -0.491 e. The van der Waals surface area contributed by atoms with E-state index in [0.29, 0.717) is 16.9 Å². The van der Waals surface area contributed by atoms with E-state index in [9.17, 15) is 9.90 Å². The molecule has 0 fully saturated rings. The predicted molar refractivity (Wildman–Crippen MR) is 97.8 cm³/mol. The summed E-state index contributed by atoms with van der Waals surface area (Å²) >= 11 is 0. The molecule has 5 nitrogen and oxygen atoms in total. The van der Waals surface area contributed by atoms with E-state index in [0.717, 1.165) is 10.9 Å². The van der Waals surface area contributed by atoms with Crippen LogP contribution in [0.15, 0.2) is 54.7 Å². The van der Waals surface area contributed by atoms with Gasteiger partial charge in [-0.15, -0.1) is 0 Å². The van der Waals surface area contributed by atoms with Crippen molar-refractivity contribution in [2.75, 3.05) is 6.54 Å². The molecule has 3 rings (SSSR count). The second-order valence-electron chi connectivity index (χ2n) is 6.21. The molecule has 2 aromatic carbocycles. The van der Waals surface area contributed by atoms with Crippen LogP contribution >= 0.6 is 0 Å². The fourth-order valence-corrected chi connectivity index (χ4v) is 2.75. The van der Waals surface area contributed by atoms with Crippen LogP contribution in [-0.2, 0) is 0 Å². The first-order valence-corrected chi connectivity index (χ1v) is 8.33. The molecule has 1 heterocycles. The number of H-pyrrole nitrogens is 1. The van der Waals surface area contributed by atoms with Crippen molar-refractivity contribution in [1.29, 1.82) is 0 Å². The molecular weight excluding hydrogens is 316 g/mol. The third-order valence-electron chi connectivity index (χ3n) is 3.91. The Bertz CT molecular complexity index is 870. The molecule has 1 aromatic heterocycles. The summed E-state index contributed by atoms with van der Waals surface area (Å²) in [6.45, 7) is 4.03. The lowest BCUT2D eigenvalue weighted by atomic mass is 10.1. The Kier molecular flexibility index (Phi) is 5.05. The molecule has 0 aliphatic heterocycles. The number of aromatic amines is 1. The van der Waals surface area contributed by atoms with E-state index in [-0.39, 0.29) is 18.6 Å². The highest BCUT2D eigenvalue weighted by Crippen LogP contribution is 2.21. The first-order valence-electron chi connectivity index (χ1n) is 8.33. The smallest absolute Gasteiger partial charge is 0.252 e. The van der Waals surface area contributed by atoms with E-state index in [2.05, 4.69) is 10.3 Å². The number of aliphatic hydroxyl groups is 1. The molecular formula is C20H22N2O3. The van der Waals surface area contributed by atoms with Crippen molar-refractivity contribution in [3.8, 4) is 5.75 Å². The number of nitrogens with one attached hydrogen (secondary N) is 2. The van der Waals surface area contributed by atoms with Crippen molar-refractivity contribution in [3.05, 3.63) is 65.9 Å². The Morgan fingerprint density at radius 2 is 2.00 bits per heavy atom. The van der Waals surface area contributed by atoms with Crippen LogP contribution in [0.4, 0.5) is 0 Å². The Hall–Kier alpha value is -2.79. The highest BCUT2D eigenvalue weighted by Gasteiger charge is 2.14. The number of hydrogen-bond acceptors (Lipinski definition) is 3. The van der Waals surface area contributed by atoms with Gasteiger partial charge in [0.2, 0.25) is 0 Å². The average molecular weight is 338 g/mol. The Morgan fingerprint density at radius 1 is 1.20 bits per heavy atom. The highest BCUT2D eigenvalue weighted by molar-refractivity contribution is 6.06. The fourth-order valence-electron chi connectivity index (χ4n) is 2.75. The molecule has 0 radical (unpaired) electrons. The number of fused-ring (bicyclic) bond motifs is 1. The van der Waals surface area contributed by atoms with Gasteiger partial charge in [0, 0.05) is 29.2 Å². The highest BCUT2D eigenvalue weighted by atomic mass is 16.5. The van der Waals surface area contributed by atoms with Gasteiger partial charge in [0.25, 0.3) is 5.91 Å². The molecule has 1 unspecified atom stereocenters. The zero-order valence-corrected chi connectivity index (χ0v) is 14.3. The second-order valence-corrected chi connectivity index (χ2v) is 6.21. The zero-order chi connectivity index (χ0) is 17.8. The van der Waals surface area contributed by atoms with Crippen molar-refractivity contribution >= 4 is 16.8 Å². The monoisotopic (exact) mass is 338 g/mol. The lowest BCUT2D eigenvalue weighted by Crippen LogP contribution is -2.28. The molecule has 3 aromatic rings. The van der Waals surface area contributed by atoms with E-state index in [1.54, 1.807) is 18.3 Å². The summed E-state index contributed by atoms with van der Waals surface area (Å²) in [5.74, 6) is 0.494. The van der Waals surface area contributed by atoms with Crippen LogP contribution in [0, 0.1) is 0 Å². The van der Waals surface area contributed by atoms with Crippen molar-refractivity contribution in [1.82, 2.24) is 10.3 Å². The Labute approximate surface area is 146 Å². The predicted octanol–water partition coefficient (Wildman–Crippen LogP) is 3.42. The van der Waals surface area contributed by atoms with Crippen molar-refractivity contribution in [2.45, 2.75) is 26.1 Å². The minimum atomic E-state index is -0.801. The number of hydrogen-bond donors (Lipinski definition) is 3. The molecule has 0 saturated carbocycles. The molecule has 1 atom stereocenters. The molecule has 0 bridgehead atoms. The third-order valence-corrected chi connectivity index (χ3v) is 3.91. The first kappa shape index (κ1) is 17.0. The van der Waals surface area contributed by atoms with E-state index in [1.165, 1.54) is 0 Å². The van der Waals surface area contributed by atoms with Gasteiger partial charge in [0.15, 0.2) is 0 Å². The maximum atomic E-state index is 12.4. The van der Waals surface area contributed by atoms with Crippen LogP contribution in [0.2, 0.25) is 0 Å². The summed E-state index contributed by atoms with van der Waals surface area (Å²) in [5, 5.41) is 14.0. The Morgan fingerprint density at radius 3 is 2.80 bits per heavy atom. The molecule has 5 heteroatoms. The quantitative estimate of drug-likeness (QED) is 0.645. The normalized spacial score (nSPS) is 12.3.